The number of aryl methyl sites for hydroxylation is 1. The van der Waals surface area contributed by atoms with Gasteiger partial charge < -0.3 is 19.7 Å². The van der Waals surface area contributed by atoms with Crippen LogP contribution >= 0.6 is 0 Å². The van der Waals surface area contributed by atoms with Gasteiger partial charge in [0.2, 0.25) is 5.91 Å². The van der Waals surface area contributed by atoms with Gasteiger partial charge in [0.05, 0.1) is 6.04 Å². The summed E-state index contributed by atoms with van der Waals surface area (Å²) in [5.41, 5.74) is 1.84. The van der Waals surface area contributed by atoms with Gasteiger partial charge in [-0.15, -0.1) is 0 Å². The summed E-state index contributed by atoms with van der Waals surface area (Å²) in [5.74, 6) is 0.855. The van der Waals surface area contributed by atoms with Gasteiger partial charge in [-0.3, -0.25) is 14.5 Å². The van der Waals surface area contributed by atoms with Crippen LogP contribution in [0.15, 0.2) is 42.5 Å². The standard InChI is InChI=1S/C26H27N3O5/c30-23(28-12-4-8-20(28)18-9-10-21-22(15-18)34-14-13-33-21)16-29-24(31)26(27-25(29)32)11-3-6-17-5-1-2-7-19(17)26/h1-2,5,7,9-10,15,20H,3-4,6,8,11-14,16H2,(H,27,32). The molecular formula is C26H27N3O5. The lowest BCUT2D eigenvalue weighted by molar-refractivity contribution is -0.140. The number of hydrogen-bond acceptors (Lipinski definition) is 5. The zero-order valence-corrected chi connectivity index (χ0v) is 18.9. The number of urea groups is 1. The van der Waals surface area contributed by atoms with Crippen LogP contribution in [0.4, 0.5) is 4.79 Å². The summed E-state index contributed by atoms with van der Waals surface area (Å²) in [4.78, 5) is 42.7. The number of rotatable bonds is 3. The summed E-state index contributed by atoms with van der Waals surface area (Å²) in [5, 5.41) is 2.93. The number of carbonyl (C=O) groups excluding carboxylic acids is 3. The first-order chi connectivity index (χ1) is 16.6. The third kappa shape index (κ3) is 3.23. The number of amides is 4. The first-order valence-electron chi connectivity index (χ1n) is 12.0. The van der Waals surface area contributed by atoms with E-state index in [0.717, 1.165) is 47.3 Å². The molecule has 2 aromatic carbocycles. The van der Waals surface area contributed by atoms with Gasteiger partial charge >= 0.3 is 6.03 Å². The Kier molecular flexibility index (Phi) is 4.97. The van der Waals surface area contributed by atoms with Crippen molar-refractivity contribution in [1.29, 1.82) is 0 Å². The average molecular weight is 462 g/mol. The Morgan fingerprint density at radius 3 is 2.76 bits per heavy atom. The maximum Gasteiger partial charge on any atom is 0.325 e. The molecule has 34 heavy (non-hydrogen) atoms. The van der Waals surface area contributed by atoms with Crippen LogP contribution in [-0.2, 0) is 21.5 Å². The number of fused-ring (bicyclic) bond motifs is 3. The van der Waals surface area contributed by atoms with Crippen LogP contribution in [0.3, 0.4) is 0 Å². The molecule has 3 heterocycles. The average Bonchev–Trinajstić information content (AvgIpc) is 3.44. The maximum absolute atomic E-state index is 13.6. The number of benzene rings is 2. The van der Waals surface area contributed by atoms with Gasteiger partial charge in [0.15, 0.2) is 11.5 Å². The Balaban J connectivity index is 1.22. The molecule has 1 aliphatic carbocycles. The zero-order chi connectivity index (χ0) is 23.3. The highest BCUT2D eigenvalue weighted by atomic mass is 16.6. The highest BCUT2D eigenvalue weighted by molar-refractivity contribution is 6.09. The fraction of sp³-hybridized carbons (Fsp3) is 0.423. The molecule has 3 aliphatic heterocycles. The number of imide groups is 1. The molecule has 2 fully saturated rings. The molecule has 0 radical (unpaired) electrons. The Morgan fingerprint density at radius 1 is 1.06 bits per heavy atom. The van der Waals surface area contributed by atoms with Crippen molar-refractivity contribution in [3.8, 4) is 11.5 Å². The minimum atomic E-state index is -1.06. The molecule has 2 aromatic rings. The molecule has 8 nitrogen and oxygen atoms in total. The van der Waals surface area contributed by atoms with Gasteiger partial charge in [0.25, 0.3) is 5.91 Å². The van der Waals surface area contributed by atoms with Crippen LogP contribution in [-0.4, -0.2) is 53.9 Å². The Hall–Kier alpha value is -3.55. The molecule has 6 rings (SSSR count). The predicted octanol–water partition coefficient (Wildman–Crippen LogP) is 2.90. The largest absolute Gasteiger partial charge is 0.486 e. The van der Waals surface area contributed by atoms with Gasteiger partial charge in [0.1, 0.15) is 25.3 Å². The minimum Gasteiger partial charge on any atom is -0.486 e. The number of likely N-dealkylation sites (tertiary alicyclic amines) is 1. The minimum absolute atomic E-state index is 0.117. The second-order valence-electron chi connectivity index (χ2n) is 9.39. The summed E-state index contributed by atoms with van der Waals surface area (Å²) >= 11 is 0. The van der Waals surface area contributed by atoms with Crippen molar-refractivity contribution in [3.05, 3.63) is 59.2 Å². The van der Waals surface area contributed by atoms with Crippen molar-refractivity contribution in [2.45, 2.75) is 43.7 Å². The third-order valence-electron chi connectivity index (χ3n) is 7.47. The summed E-state index contributed by atoms with van der Waals surface area (Å²) in [6, 6.07) is 12.9. The SMILES string of the molecule is O=C1NC2(CCCc3ccccc32)C(=O)N1CC(=O)N1CCCC1c1ccc2c(c1)OCCO2. The molecule has 1 spiro atoms. The summed E-state index contributed by atoms with van der Waals surface area (Å²) < 4.78 is 11.3. The second kappa shape index (κ2) is 8.04. The Bertz CT molecular complexity index is 1180. The molecule has 4 amide bonds. The smallest absolute Gasteiger partial charge is 0.325 e. The lowest BCUT2D eigenvalue weighted by atomic mass is 9.76. The van der Waals surface area contributed by atoms with Crippen LogP contribution in [0.2, 0.25) is 0 Å². The quantitative estimate of drug-likeness (QED) is 0.711. The molecule has 2 atom stereocenters. The predicted molar refractivity (Wildman–Crippen MR) is 122 cm³/mol. The maximum atomic E-state index is 13.6. The van der Waals surface area contributed by atoms with E-state index >= 15 is 0 Å². The van der Waals surface area contributed by atoms with Crippen molar-refractivity contribution < 1.29 is 23.9 Å². The molecule has 8 heteroatoms. The second-order valence-corrected chi connectivity index (χ2v) is 9.39. The summed E-state index contributed by atoms with van der Waals surface area (Å²) in [6.07, 6.45) is 3.92. The Morgan fingerprint density at radius 2 is 1.88 bits per heavy atom. The van der Waals surface area contributed by atoms with E-state index in [4.69, 9.17) is 9.47 Å². The highest BCUT2D eigenvalue weighted by Crippen LogP contribution is 2.41. The molecule has 2 saturated heterocycles. The molecule has 0 bridgehead atoms. The van der Waals surface area contributed by atoms with Crippen LogP contribution in [0.5, 0.6) is 11.5 Å². The number of carbonyl (C=O) groups is 3. The summed E-state index contributed by atoms with van der Waals surface area (Å²) in [7, 11) is 0. The van der Waals surface area contributed by atoms with E-state index in [1.807, 2.05) is 42.5 Å². The van der Waals surface area contributed by atoms with Gasteiger partial charge in [-0.1, -0.05) is 30.3 Å². The number of hydrogen-bond donors (Lipinski definition) is 1. The van der Waals surface area contributed by atoms with Crippen molar-refractivity contribution in [2.75, 3.05) is 26.3 Å². The number of nitrogens with one attached hydrogen (secondary N) is 1. The van der Waals surface area contributed by atoms with Crippen molar-refractivity contribution in [3.63, 3.8) is 0 Å². The van der Waals surface area contributed by atoms with E-state index in [1.165, 1.54) is 0 Å². The monoisotopic (exact) mass is 461 g/mol. The molecule has 0 saturated carbocycles. The van der Waals surface area contributed by atoms with Gasteiger partial charge in [-0.2, -0.15) is 0 Å². The van der Waals surface area contributed by atoms with E-state index < -0.39 is 11.6 Å². The first-order valence-corrected chi connectivity index (χ1v) is 12.0. The molecule has 176 valence electrons. The molecule has 1 N–H and O–H groups in total. The third-order valence-corrected chi connectivity index (χ3v) is 7.47. The topological polar surface area (TPSA) is 88.2 Å². The van der Waals surface area contributed by atoms with Crippen molar-refractivity contribution >= 4 is 17.8 Å². The fourth-order valence-corrected chi connectivity index (χ4v) is 5.86. The van der Waals surface area contributed by atoms with Gasteiger partial charge in [-0.05, 0) is 60.9 Å². The number of ether oxygens (including phenoxy) is 2. The van der Waals surface area contributed by atoms with E-state index in [1.54, 1.807) is 4.90 Å². The lowest BCUT2D eigenvalue weighted by Crippen LogP contribution is -2.47. The van der Waals surface area contributed by atoms with Crippen molar-refractivity contribution in [2.24, 2.45) is 0 Å². The van der Waals surface area contributed by atoms with E-state index in [0.29, 0.717) is 37.7 Å². The van der Waals surface area contributed by atoms with Crippen LogP contribution in [0.1, 0.15) is 48.4 Å². The van der Waals surface area contributed by atoms with Crippen LogP contribution in [0, 0.1) is 0 Å². The molecule has 0 aromatic heterocycles. The van der Waals surface area contributed by atoms with E-state index in [9.17, 15) is 14.4 Å². The van der Waals surface area contributed by atoms with Gasteiger partial charge in [0, 0.05) is 6.54 Å². The lowest BCUT2D eigenvalue weighted by Gasteiger charge is -2.33. The first kappa shape index (κ1) is 21.0. The molecule has 2 unspecified atom stereocenters. The van der Waals surface area contributed by atoms with E-state index in [-0.39, 0.29) is 24.4 Å². The zero-order valence-electron chi connectivity index (χ0n) is 18.9. The summed E-state index contributed by atoms with van der Waals surface area (Å²) in [6.45, 7) is 1.37. The van der Waals surface area contributed by atoms with Crippen LogP contribution < -0.4 is 14.8 Å². The molecule has 4 aliphatic rings. The number of nitrogens with zero attached hydrogens (tertiary/aromatic N) is 2. The van der Waals surface area contributed by atoms with Crippen molar-refractivity contribution in [1.82, 2.24) is 15.1 Å². The normalized spacial score (nSPS) is 25.5. The highest BCUT2D eigenvalue weighted by Gasteiger charge is 2.54. The fourth-order valence-electron chi connectivity index (χ4n) is 5.86. The van der Waals surface area contributed by atoms with Crippen LogP contribution in [0.25, 0.3) is 0 Å². The van der Waals surface area contributed by atoms with Gasteiger partial charge in [-0.25, -0.2) is 4.79 Å². The Labute approximate surface area is 197 Å². The molecular weight excluding hydrogens is 434 g/mol. The van der Waals surface area contributed by atoms with E-state index in [2.05, 4.69) is 5.32 Å².